The zero-order valence-corrected chi connectivity index (χ0v) is 17.0. The minimum atomic E-state index is -0.0223. The van der Waals surface area contributed by atoms with E-state index in [0.29, 0.717) is 31.7 Å². The standard InChI is InChI=1S/C18H13Br2N3O3/c1-25-11-3-4-12-13(7-11)23-18(22-12)10(8-21)5-9-6-14(26-2)17(24)16(20)15(9)19/h3-7,24H,1-2H3,(H,22,23)/b10-5-. The highest BCUT2D eigenvalue weighted by molar-refractivity contribution is 9.13. The van der Waals surface area contributed by atoms with Gasteiger partial charge in [-0.1, -0.05) is 0 Å². The highest BCUT2D eigenvalue weighted by Crippen LogP contribution is 2.42. The smallest absolute Gasteiger partial charge is 0.173 e. The van der Waals surface area contributed by atoms with E-state index >= 15 is 0 Å². The van der Waals surface area contributed by atoms with Gasteiger partial charge in [-0.25, -0.2) is 4.98 Å². The maximum atomic E-state index is 10.0. The van der Waals surface area contributed by atoms with E-state index in [1.807, 2.05) is 12.1 Å². The van der Waals surface area contributed by atoms with Crippen molar-refractivity contribution >= 4 is 54.5 Å². The number of aromatic nitrogens is 2. The first kappa shape index (κ1) is 18.3. The first-order valence-corrected chi connectivity index (χ1v) is 8.98. The number of phenolic OH excluding ortho intramolecular Hbond substituents is 1. The number of methoxy groups -OCH3 is 2. The Hall–Kier alpha value is -2.50. The van der Waals surface area contributed by atoms with E-state index in [9.17, 15) is 10.4 Å². The van der Waals surface area contributed by atoms with Crippen molar-refractivity contribution in [1.82, 2.24) is 9.97 Å². The lowest BCUT2D eigenvalue weighted by molar-refractivity contribution is 0.371. The number of benzene rings is 2. The SMILES string of the molecule is COc1ccc2nc(/C(C#N)=C\c3cc(OC)c(O)c(Br)c3Br)[nH]c2c1. The first-order chi connectivity index (χ1) is 12.5. The predicted molar refractivity (Wildman–Crippen MR) is 106 cm³/mol. The highest BCUT2D eigenvalue weighted by atomic mass is 79.9. The van der Waals surface area contributed by atoms with E-state index < -0.39 is 0 Å². The van der Waals surface area contributed by atoms with Crippen LogP contribution < -0.4 is 9.47 Å². The van der Waals surface area contributed by atoms with Gasteiger partial charge >= 0.3 is 0 Å². The average molecular weight is 479 g/mol. The Kier molecular flexibility index (Phi) is 5.20. The minimum Gasteiger partial charge on any atom is -0.503 e. The van der Waals surface area contributed by atoms with E-state index in [1.54, 1.807) is 25.3 Å². The molecule has 6 nitrogen and oxygen atoms in total. The number of nitrogens with one attached hydrogen (secondary N) is 1. The Morgan fingerprint density at radius 1 is 1.23 bits per heavy atom. The zero-order valence-electron chi connectivity index (χ0n) is 13.8. The molecule has 2 N–H and O–H groups in total. The Morgan fingerprint density at radius 2 is 2.00 bits per heavy atom. The maximum Gasteiger partial charge on any atom is 0.173 e. The molecule has 0 atom stereocenters. The molecule has 26 heavy (non-hydrogen) atoms. The molecular weight excluding hydrogens is 466 g/mol. The van der Waals surface area contributed by atoms with Crippen LogP contribution in [0, 0.1) is 11.3 Å². The monoisotopic (exact) mass is 477 g/mol. The van der Waals surface area contributed by atoms with E-state index in [4.69, 9.17) is 9.47 Å². The summed E-state index contributed by atoms with van der Waals surface area (Å²) in [4.78, 5) is 7.58. The van der Waals surface area contributed by atoms with E-state index in [2.05, 4.69) is 47.9 Å². The fraction of sp³-hybridized carbons (Fsp3) is 0.111. The van der Waals surface area contributed by atoms with Crippen molar-refractivity contribution in [2.75, 3.05) is 14.2 Å². The normalized spacial score (nSPS) is 11.4. The fourth-order valence-electron chi connectivity index (χ4n) is 2.42. The number of H-pyrrole nitrogens is 1. The van der Waals surface area contributed by atoms with Crippen LogP contribution in [0.25, 0.3) is 22.7 Å². The van der Waals surface area contributed by atoms with E-state index in [0.717, 1.165) is 11.0 Å². The summed E-state index contributed by atoms with van der Waals surface area (Å²) in [7, 11) is 3.05. The Bertz CT molecular complexity index is 1070. The largest absolute Gasteiger partial charge is 0.503 e. The third-order valence-corrected chi connectivity index (χ3v) is 5.92. The Balaban J connectivity index is 2.12. The second-order valence-electron chi connectivity index (χ2n) is 5.28. The van der Waals surface area contributed by atoms with Gasteiger partial charge in [0.15, 0.2) is 11.5 Å². The lowest BCUT2D eigenvalue weighted by atomic mass is 10.1. The second-order valence-corrected chi connectivity index (χ2v) is 6.87. The van der Waals surface area contributed by atoms with Crippen LogP contribution in [0.3, 0.4) is 0 Å². The summed E-state index contributed by atoms with van der Waals surface area (Å²) in [5.41, 5.74) is 2.48. The number of rotatable bonds is 4. The molecule has 3 rings (SSSR count). The van der Waals surface area contributed by atoms with Gasteiger partial charge in [-0.05, 0) is 61.7 Å². The van der Waals surface area contributed by atoms with Gasteiger partial charge < -0.3 is 19.6 Å². The molecule has 0 bridgehead atoms. The second kappa shape index (κ2) is 7.40. The molecule has 8 heteroatoms. The number of fused-ring (bicyclic) bond motifs is 1. The number of ether oxygens (including phenoxy) is 2. The van der Waals surface area contributed by atoms with Crippen LogP contribution in [0.1, 0.15) is 11.4 Å². The molecule has 0 spiro atoms. The molecule has 1 aromatic heterocycles. The molecule has 0 saturated heterocycles. The van der Waals surface area contributed by atoms with Crippen molar-refractivity contribution in [1.29, 1.82) is 5.26 Å². The van der Waals surface area contributed by atoms with Crippen molar-refractivity contribution < 1.29 is 14.6 Å². The molecule has 0 amide bonds. The van der Waals surface area contributed by atoms with Crippen LogP contribution in [-0.2, 0) is 0 Å². The summed E-state index contributed by atoms with van der Waals surface area (Å²) in [6, 6.07) is 9.23. The van der Waals surface area contributed by atoms with Crippen molar-refractivity contribution in [3.63, 3.8) is 0 Å². The molecule has 2 aromatic carbocycles. The van der Waals surface area contributed by atoms with Gasteiger partial charge in [0.2, 0.25) is 0 Å². The number of halogens is 2. The Labute approximate surface area is 166 Å². The van der Waals surface area contributed by atoms with Crippen molar-refractivity contribution in [2.45, 2.75) is 0 Å². The molecule has 1 heterocycles. The number of nitrogens with zero attached hydrogens (tertiary/aromatic N) is 2. The molecule has 3 aromatic rings. The van der Waals surface area contributed by atoms with Crippen LogP contribution in [0.4, 0.5) is 0 Å². The molecule has 0 fully saturated rings. The average Bonchev–Trinajstić information content (AvgIpc) is 3.08. The lowest BCUT2D eigenvalue weighted by Crippen LogP contribution is -1.90. The molecular formula is C18H13Br2N3O3. The van der Waals surface area contributed by atoms with Crippen molar-refractivity contribution in [3.8, 4) is 23.3 Å². The number of phenols is 1. The van der Waals surface area contributed by atoms with Gasteiger partial charge in [0, 0.05) is 10.5 Å². The molecule has 132 valence electrons. The Morgan fingerprint density at radius 3 is 2.65 bits per heavy atom. The fourth-order valence-corrected chi connectivity index (χ4v) is 3.27. The lowest BCUT2D eigenvalue weighted by Gasteiger charge is -2.10. The number of aromatic amines is 1. The van der Waals surface area contributed by atoms with Crippen LogP contribution in [-0.4, -0.2) is 29.3 Å². The number of hydrogen-bond acceptors (Lipinski definition) is 5. The number of nitriles is 1. The summed E-state index contributed by atoms with van der Waals surface area (Å²) in [6.45, 7) is 0. The quantitative estimate of drug-likeness (QED) is 0.521. The van der Waals surface area contributed by atoms with Crippen LogP contribution in [0.5, 0.6) is 17.2 Å². The summed E-state index contributed by atoms with van der Waals surface area (Å²) in [5.74, 6) is 1.40. The van der Waals surface area contributed by atoms with Crippen LogP contribution in [0.2, 0.25) is 0 Å². The van der Waals surface area contributed by atoms with Gasteiger partial charge in [-0.2, -0.15) is 5.26 Å². The number of imidazole rings is 1. The predicted octanol–water partition coefficient (Wildman–Crippen LogP) is 4.87. The van der Waals surface area contributed by atoms with Gasteiger partial charge in [-0.15, -0.1) is 0 Å². The molecule has 0 aliphatic carbocycles. The number of aromatic hydroxyl groups is 1. The summed E-state index contributed by atoms with van der Waals surface area (Å²) >= 11 is 6.72. The third-order valence-electron chi connectivity index (χ3n) is 3.76. The van der Waals surface area contributed by atoms with Crippen molar-refractivity contribution in [2.24, 2.45) is 0 Å². The summed E-state index contributed by atoms with van der Waals surface area (Å²) in [6.07, 6.45) is 1.66. The zero-order chi connectivity index (χ0) is 18.8. The molecule has 0 aliphatic heterocycles. The van der Waals surface area contributed by atoms with Gasteiger partial charge in [-0.3, -0.25) is 0 Å². The first-order valence-electron chi connectivity index (χ1n) is 7.39. The van der Waals surface area contributed by atoms with Gasteiger partial charge in [0.25, 0.3) is 0 Å². The molecule has 0 aliphatic rings. The third kappa shape index (κ3) is 3.28. The maximum absolute atomic E-state index is 10.0. The minimum absolute atomic E-state index is 0.0223. The molecule has 0 unspecified atom stereocenters. The van der Waals surface area contributed by atoms with Gasteiger partial charge in [0.05, 0.1) is 35.3 Å². The van der Waals surface area contributed by atoms with Crippen LogP contribution in [0.15, 0.2) is 33.2 Å². The van der Waals surface area contributed by atoms with E-state index in [-0.39, 0.29) is 11.5 Å². The summed E-state index contributed by atoms with van der Waals surface area (Å²) < 4.78 is 11.4. The topological polar surface area (TPSA) is 91.2 Å². The molecule has 0 radical (unpaired) electrons. The number of hydrogen-bond donors (Lipinski definition) is 2. The molecule has 0 saturated carbocycles. The number of allylic oxidation sites excluding steroid dienone is 1. The highest BCUT2D eigenvalue weighted by Gasteiger charge is 2.16. The van der Waals surface area contributed by atoms with E-state index in [1.165, 1.54) is 7.11 Å². The van der Waals surface area contributed by atoms with Crippen molar-refractivity contribution in [3.05, 3.63) is 44.6 Å². The van der Waals surface area contributed by atoms with Crippen LogP contribution >= 0.6 is 31.9 Å². The summed E-state index contributed by atoms with van der Waals surface area (Å²) in [5, 5.41) is 19.6. The van der Waals surface area contributed by atoms with Gasteiger partial charge in [0.1, 0.15) is 17.6 Å².